The van der Waals surface area contributed by atoms with Crippen LogP contribution in [0.2, 0.25) is 0 Å². The van der Waals surface area contributed by atoms with E-state index >= 15 is 0 Å². The van der Waals surface area contributed by atoms with Gasteiger partial charge in [-0.1, -0.05) is 0 Å². The quantitative estimate of drug-likeness (QED) is 0.823. The fraction of sp³-hybridized carbons (Fsp3) is 0.750. The van der Waals surface area contributed by atoms with Crippen LogP contribution in [0.3, 0.4) is 0 Å². The minimum Gasteiger partial charge on any atom is -0.381 e. The van der Waals surface area contributed by atoms with Crippen molar-refractivity contribution in [2.24, 2.45) is 23.7 Å². The molecule has 5 fully saturated rings. The first-order chi connectivity index (χ1) is 14.0. The van der Waals surface area contributed by atoms with E-state index in [0.717, 1.165) is 81.7 Å². The minimum atomic E-state index is -0.156. The van der Waals surface area contributed by atoms with Gasteiger partial charge in [0.25, 0.3) is 5.91 Å². The molecule has 1 aromatic heterocycles. The van der Waals surface area contributed by atoms with Gasteiger partial charge in [0, 0.05) is 43.3 Å². The molecule has 4 aliphatic carbocycles. The third kappa shape index (κ3) is 3.90. The van der Waals surface area contributed by atoms with Crippen molar-refractivity contribution >= 4 is 5.91 Å². The summed E-state index contributed by atoms with van der Waals surface area (Å²) in [5, 5.41) is 3.37. The topological polar surface area (TPSA) is 60.3 Å². The number of ether oxygens (including phenoxy) is 1. The normalized spacial score (nSPS) is 33.8. The second kappa shape index (κ2) is 7.57. The van der Waals surface area contributed by atoms with Crippen LogP contribution < -0.4 is 10.7 Å². The molecule has 0 aromatic carbocycles. The summed E-state index contributed by atoms with van der Waals surface area (Å²) in [5.74, 6) is 2.84. The number of pyridine rings is 1. The third-order valence-corrected chi connectivity index (χ3v) is 8.12. The minimum absolute atomic E-state index is 0.0594. The average Bonchev–Trinajstić information content (AvgIpc) is 2.66. The van der Waals surface area contributed by atoms with Crippen LogP contribution >= 0.6 is 0 Å². The fourth-order valence-corrected chi connectivity index (χ4v) is 7.01. The summed E-state index contributed by atoms with van der Waals surface area (Å²) in [4.78, 5) is 25.8. The van der Waals surface area contributed by atoms with Gasteiger partial charge in [-0.05, 0) is 88.4 Å². The van der Waals surface area contributed by atoms with E-state index in [4.69, 9.17) is 4.74 Å². The molecule has 4 saturated carbocycles. The van der Waals surface area contributed by atoms with Gasteiger partial charge in [0.15, 0.2) is 5.43 Å². The summed E-state index contributed by atoms with van der Waals surface area (Å²) in [7, 11) is 0. The molecule has 1 aliphatic heterocycles. The van der Waals surface area contributed by atoms with Gasteiger partial charge in [0.2, 0.25) is 0 Å². The number of hydrogen-bond acceptors (Lipinski definition) is 3. The molecule has 2 heterocycles. The first-order valence-corrected chi connectivity index (χ1v) is 11.6. The Labute approximate surface area is 173 Å². The molecule has 1 amide bonds. The van der Waals surface area contributed by atoms with Crippen LogP contribution in [-0.4, -0.2) is 29.2 Å². The highest BCUT2D eigenvalue weighted by atomic mass is 16.5. The Balaban J connectivity index is 1.31. The van der Waals surface area contributed by atoms with Crippen molar-refractivity contribution in [3.8, 4) is 0 Å². The Morgan fingerprint density at radius 2 is 1.76 bits per heavy atom. The number of nitrogens with one attached hydrogen (secondary N) is 1. The zero-order valence-corrected chi connectivity index (χ0v) is 17.6. The van der Waals surface area contributed by atoms with E-state index in [2.05, 4.69) is 9.88 Å². The molecule has 0 unspecified atom stereocenters. The average molecular weight is 399 g/mol. The first-order valence-electron chi connectivity index (χ1n) is 11.6. The maximum absolute atomic E-state index is 13.2. The Kier molecular flexibility index (Phi) is 5.05. The van der Waals surface area contributed by atoms with E-state index in [1.165, 1.54) is 19.3 Å². The Hall–Kier alpha value is -1.62. The largest absolute Gasteiger partial charge is 0.381 e. The zero-order chi connectivity index (χ0) is 20.0. The Morgan fingerprint density at radius 3 is 2.38 bits per heavy atom. The van der Waals surface area contributed by atoms with Crippen molar-refractivity contribution in [3.05, 3.63) is 33.7 Å². The van der Waals surface area contributed by atoms with E-state index in [0.29, 0.717) is 11.5 Å². The summed E-state index contributed by atoms with van der Waals surface area (Å²) in [6.07, 6.45) is 12.5. The highest BCUT2D eigenvalue weighted by Gasteiger charge is 2.51. The summed E-state index contributed by atoms with van der Waals surface area (Å²) >= 11 is 0. The van der Waals surface area contributed by atoms with Crippen LogP contribution in [0.1, 0.15) is 73.8 Å². The molecule has 5 aliphatic rings. The van der Waals surface area contributed by atoms with Crippen molar-refractivity contribution in [2.45, 2.75) is 76.8 Å². The Morgan fingerprint density at radius 1 is 1.14 bits per heavy atom. The van der Waals surface area contributed by atoms with Crippen LogP contribution in [0.15, 0.2) is 17.1 Å². The predicted octanol–water partition coefficient (Wildman–Crippen LogP) is 3.67. The molecule has 29 heavy (non-hydrogen) atoms. The van der Waals surface area contributed by atoms with E-state index < -0.39 is 0 Å². The van der Waals surface area contributed by atoms with Crippen LogP contribution in [0, 0.1) is 30.6 Å². The van der Waals surface area contributed by atoms with Crippen molar-refractivity contribution in [2.75, 3.05) is 13.2 Å². The number of carbonyl (C=O) groups is 1. The van der Waals surface area contributed by atoms with E-state index in [9.17, 15) is 9.59 Å². The number of aromatic nitrogens is 1. The summed E-state index contributed by atoms with van der Waals surface area (Å²) < 4.78 is 7.56. The predicted molar refractivity (Wildman–Crippen MR) is 112 cm³/mol. The molecule has 1 N–H and O–H groups in total. The van der Waals surface area contributed by atoms with Crippen molar-refractivity contribution in [1.82, 2.24) is 9.88 Å². The van der Waals surface area contributed by atoms with Crippen LogP contribution in [0.4, 0.5) is 0 Å². The van der Waals surface area contributed by atoms with Gasteiger partial charge in [0.1, 0.15) is 5.56 Å². The highest BCUT2D eigenvalue weighted by molar-refractivity contribution is 5.94. The zero-order valence-electron chi connectivity index (χ0n) is 17.6. The van der Waals surface area contributed by atoms with Gasteiger partial charge >= 0.3 is 0 Å². The highest BCUT2D eigenvalue weighted by Crippen LogP contribution is 2.55. The lowest BCUT2D eigenvalue weighted by atomic mass is 9.53. The van der Waals surface area contributed by atoms with E-state index in [1.54, 1.807) is 6.07 Å². The molecule has 1 saturated heterocycles. The molecule has 1 aromatic rings. The number of rotatable bonds is 5. The molecule has 6 rings (SSSR count). The van der Waals surface area contributed by atoms with Crippen LogP contribution in [-0.2, 0) is 11.3 Å². The molecular formula is C24H34N2O3. The number of nitrogens with zero attached hydrogens (tertiary/aromatic N) is 1. The number of amides is 1. The van der Waals surface area contributed by atoms with Crippen molar-refractivity contribution < 1.29 is 9.53 Å². The second-order valence-corrected chi connectivity index (χ2v) is 10.4. The summed E-state index contributed by atoms with van der Waals surface area (Å²) in [6.45, 7) is 4.53. The molecule has 5 nitrogen and oxygen atoms in total. The Bertz CT molecular complexity index is 802. The number of hydrogen-bond donors (Lipinski definition) is 1. The maximum atomic E-state index is 13.2. The molecule has 4 bridgehead atoms. The monoisotopic (exact) mass is 398 g/mol. The molecule has 5 heteroatoms. The molecular weight excluding hydrogens is 364 g/mol. The lowest BCUT2D eigenvalue weighted by molar-refractivity contribution is -0.0167. The standard InChI is InChI=1S/C24H34N2O3/c1-16-8-22(27)21(15-26(16)5-2-17-3-6-29-7-4-17)23(28)25-24-12-18-9-19(13-24)11-20(10-18)14-24/h8,15,17-20H,2-7,9-14H2,1H3,(H,25,28). The van der Waals surface area contributed by atoms with Crippen molar-refractivity contribution in [1.29, 1.82) is 0 Å². The molecule has 0 spiro atoms. The van der Waals surface area contributed by atoms with Gasteiger partial charge in [0.05, 0.1) is 0 Å². The third-order valence-electron chi connectivity index (χ3n) is 8.12. The van der Waals surface area contributed by atoms with E-state index in [-0.39, 0.29) is 16.9 Å². The number of aryl methyl sites for hydroxylation is 2. The summed E-state index contributed by atoms with van der Waals surface area (Å²) in [6, 6.07) is 1.64. The lowest BCUT2D eigenvalue weighted by Gasteiger charge is -2.56. The van der Waals surface area contributed by atoms with Gasteiger partial charge in [-0.15, -0.1) is 0 Å². The lowest BCUT2D eigenvalue weighted by Crippen LogP contribution is -2.60. The van der Waals surface area contributed by atoms with Crippen LogP contribution in [0.5, 0.6) is 0 Å². The van der Waals surface area contributed by atoms with Crippen molar-refractivity contribution in [3.63, 3.8) is 0 Å². The number of carbonyl (C=O) groups excluding carboxylic acids is 1. The fourth-order valence-electron chi connectivity index (χ4n) is 7.01. The second-order valence-electron chi connectivity index (χ2n) is 10.4. The van der Waals surface area contributed by atoms with Gasteiger partial charge < -0.3 is 14.6 Å². The van der Waals surface area contributed by atoms with Gasteiger partial charge in [-0.2, -0.15) is 0 Å². The van der Waals surface area contributed by atoms with E-state index in [1.807, 2.05) is 13.1 Å². The smallest absolute Gasteiger partial charge is 0.257 e. The molecule has 0 atom stereocenters. The summed E-state index contributed by atoms with van der Waals surface area (Å²) in [5.41, 5.74) is 1.05. The molecule has 0 radical (unpaired) electrons. The van der Waals surface area contributed by atoms with Crippen LogP contribution in [0.25, 0.3) is 0 Å². The van der Waals surface area contributed by atoms with Gasteiger partial charge in [-0.3, -0.25) is 9.59 Å². The SMILES string of the molecule is Cc1cc(=O)c(C(=O)NC23CC4CC(CC(C4)C2)C3)cn1CCC1CCOCC1. The molecule has 158 valence electrons. The van der Waals surface area contributed by atoms with Gasteiger partial charge in [-0.25, -0.2) is 0 Å². The maximum Gasteiger partial charge on any atom is 0.257 e. The first kappa shape index (κ1) is 19.3.